The lowest BCUT2D eigenvalue weighted by atomic mass is 10.0. The third kappa shape index (κ3) is 27.0. The summed E-state index contributed by atoms with van der Waals surface area (Å²) in [5.41, 5.74) is 1.14. The first-order valence-corrected chi connectivity index (χ1v) is 25.2. The highest BCUT2D eigenvalue weighted by Crippen LogP contribution is 2.19. The average Bonchev–Trinajstić information content (AvgIpc) is 3.27. The summed E-state index contributed by atoms with van der Waals surface area (Å²) in [6.07, 6.45) is 32.1. The van der Waals surface area contributed by atoms with Crippen LogP contribution in [-0.2, 0) is 25.5 Å². The summed E-state index contributed by atoms with van der Waals surface area (Å²) < 4.78 is 10.9. The van der Waals surface area contributed by atoms with Crippen molar-refractivity contribution in [2.24, 2.45) is 5.92 Å². The van der Waals surface area contributed by atoms with E-state index in [1.54, 1.807) is 7.11 Å². The number of likely N-dealkylation sites (N-methyl/N-ethyl adjacent to an activating group) is 1. The van der Waals surface area contributed by atoms with Gasteiger partial charge in [-0.3, -0.25) is 19.3 Å². The van der Waals surface area contributed by atoms with Crippen LogP contribution in [0.5, 0.6) is 5.75 Å². The molecule has 0 radical (unpaired) electrons. The molecule has 1 saturated heterocycles. The van der Waals surface area contributed by atoms with Crippen LogP contribution in [0.2, 0.25) is 0 Å². The molecule has 350 valence electrons. The molecule has 0 spiro atoms. The number of hydrogen-bond donors (Lipinski definition) is 1. The number of hydrogen-bond acceptors (Lipinski definition) is 7. The lowest BCUT2D eigenvalue weighted by Gasteiger charge is -2.36. The van der Waals surface area contributed by atoms with E-state index in [1.165, 1.54) is 70.6 Å². The Labute approximate surface area is 374 Å². The van der Waals surface area contributed by atoms with Crippen LogP contribution in [0.3, 0.4) is 0 Å². The molecule has 1 aromatic carbocycles. The standard InChI is InChI=1S/C52H92N4O5/c1-6-9-11-12-13-14-15-16-17-18-19-20-21-23-26-30-49(52(59)53-38-37-47-33-35-48(60-5)36-34-47)56(44-43-55-41-39-54(4)40-42-55)50(57)31-27-24-22-25-28-32-51(58)61-45-46(8-3)29-10-7-2/h16-17,33-36,46,49H,6-15,18-32,37-45H2,1-5H3,(H,53,59)/b17-16-. The fourth-order valence-electron chi connectivity index (χ4n) is 8.25. The molecule has 61 heavy (non-hydrogen) atoms. The summed E-state index contributed by atoms with van der Waals surface area (Å²) in [6.45, 7) is 13.1. The monoisotopic (exact) mass is 853 g/mol. The van der Waals surface area contributed by atoms with E-state index in [2.05, 4.69) is 55.1 Å². The zero-order valence-electron chi connectivity index (χ0n) is 40.0. The Bertz CT molecular complexity index is 1260. The first-order chi connectivity index (χ1) is 29.8. The maximum atomic E-state index is 14.2. The van der Waals surface area contributed by atoms with Crippen LogP contribution < -0.4 is 10.1 Å². The fraction of sp³-hybridized carbons (Fsp3) is 0.788. The van der Waals surface area contributed by atoms with Gasteiger partial charge in [0.1, 0.15) is 11.8 Å². The van der Waals surface area contributed by atoms with Gasteiger partial charge in [0.05, 0.1) is 13.7 Å². The van der Waals surface area contributed by atoms with Crippen molar-refractivity contribution in [2.45, 2.75) is 194 Å². The summed E-state index contributed by atoms with van der Waals surface area (Å²) in [4.78, 5) is 47.4. The molecular weight excluding hydrogens is 761 g/mol. The van der Waals surface area contributed by atoms with E-state index in [0.29, 0.717) is 44.9 Å². The molecular formula is C52H92N4O5. The molecule has 9 heteroatoms. The molecule has 1 aliphatic rings. The molecule has 2 amide bonds. The summed E-state index contributed by atoms with van der Waals surface area (Å²) in [5.74, 6) is 1.27. The van der Waals surface area contributed by atoms with Crippen LogP contribution in [-0.4, -0.2) is 105 Å². The molecule has 1 aliphatic heterocycles. The Morgan fingerprint density at radius 1 is 0.721 bits per heavy atom. The Balaban J connectivity index is 1.94. The molecule has 9 nitrogen and oxygen atoms in total. The highest BCUT2D eigenvalue weighted by Gasteiger charge is 2.30. The lowest BCUT2D eigenvalue weighted by molar-refractivity contribution is -0.145. The van der Waals surface area contributed by atoms with E-state index in [1.807, 2.05) is 29.2 Å². The van der Waals surface area contributed by atoms with Crippen molar-refractivity contribution in [1.82, 2.24) is 20.0 Å². The average molecular weight is 853 g/mol. The molecule has 1 heterocycles. The van der Waals surface area contributed by atoms with Gasteiger partial charge in [-0.2, -0.15) is 0 Å². The second kappa shape index (κ2) is 36.6. The van der Waals surface area contributed by atoms with Gasteiger partial charge in [0.2, 0.25) is 11.8 Å². The number of rotatable bonds is 38. The largest absolute Gasteiger partial charge is 0.497 e. The van der Waals surface area contributed by atoms with E-state index >= 15 is 0 Å². The van der Waals surface area contributed by atoms with Crippen molar-refractivity contribution in [3.63, 3.8) is 0 Å². The van der Waals surface area contributed by atoms with E-state index in [-0.39, 0.29) is 17.8 Å². The molecule has 0 saturated carbocycles. The van der Waals surface area contributed by atoms with Crippen molar-refractivity contribution in [1.29, 1.82) is 0 Å². The topological polar surface area (TPSA) is 91.4 Å². The van der Waals surface area contributed by atoms with Gasteiger partial charge in [-0.15, -0.1) is 0 Å². The van der Waals surface area contributed by atoms with Crippen LogP contribution in [0.4, 0.5) is 0 Å². The summed E-state index contributed by atoms with van der Waals surface area (Å²) >= 11 is 0. The Morgan fingerprint density at radius 2 is 1.31 bits per heavy atom. The summed E-state index contributed by atoms with van der Waals surface area (Å²) in [5, 5.41) is 3.24. The third-order valence-electron chi connectivity index (χ3n) is 12.7. The quantitative estimate of drug-likeness (QED) is 0.0402. The van der Waals surface area contributed by atoms with Gasteiger partial charge < -0.3 is 24.6 Å². The first-order valence-electron chi connectivity index (χ1n) is 25.2. The van der Waals surface area contributed by atoms with Gasteiger partial charge in [0.15, 0.2) is 0 Å². The maximum Gasteiger partial charge on any atom is 0.305 e. The van der Waals surface area contributed by atoms with Crippen LogP contribution in [0, 0.1) is 5.92 Å². The van der Waals surface area contributed by atoms with Crippen LogP contribution in [0.25, 0.3) is 0 Å². The molecule has 1 fully saturated rings. The van der Waals surface area contributed by atoms with E-state index < -0.39 is 6.04 Å². The Hall–Kier alpha value is -2.91. The normalized spacial score (nSPS) is 14.6. The molecule has 0 aromatic heterocycles. The molecule has 2 atom stereocenters. The molecule has 0 bridgehead atoms. The van der Waals surface area contributed by atoms with Crippen molar-refractivity contribution in [3.8, 4) is 5.75 Å². The number of piperazine rings is 1. The Morgan fingerprint density at radius 3 is 1.93 bits per heavy atom. The van der Waals surface area contributed by atoms with Gasteiger partial charge in [-0.25, -0.2) is 0 Å². The minimum atomic E-state index is -0.471. The smallest absolute Gasteiger partial charge is 0.305 e. The molecule has 0 aliphatic carbocycles. The molecule has 1 aromatic rings. The van der Waals surface area contributed by atoms with Crippen molar-refractivity contribution >= 4 is 17.8 Å². The number of methoxy groups -OCH3 is 1. The van der Waals surface area contributed by atoms with Crippen molar-refractivity contribution in [3.05, 3.63) is 42.0 Å². The minimum Gasteiger partial charge on any atom is -0.497 e. The second-order valence-electron chi connectivity index (χ2n) is 17.9. The molecule has 1 N–H and O–H groups in total. The van der Waals surface area contributed by atoms with E-state index in [0.717, 1.165) is 121 Å². The number of amides is 2. The van der Waals surface area contributed by atoms with Gasteiger partial charge in [-0.05, 0) is 88.4 Å². The van der Waals surface area contributed by atoms with E-state index in [4.69, 9.17) is 9.47 Å². The van der Waals surface area contributed by atoms with Crippen LogP contribution >= 0.6 is 0 Å². The molecule has 2 rings (SSSR count). The highest BCUT2D eigenvalue weighted by atomic mass is 16.5. The number of nitrogens with zero attached hydrogens (tertiary/aromatic N) is 3. The first kappa shape index (κ1) is 54.2. The van der Waals surface area contributed by atoms with Crippen LogP contribution in [0.15, 0.2) is 36.4 Å². The summed E-state index contributed by atoms with van der Waals surface area (Å²) in [7, 11) is 3.83. The summed E-state index contributed by atoms with van der Waals surface area (Å²) in [6, 6.07) is 7.53. The molecule has 2 unspecified atom stereocenters. The van der Waals surface area contributed by atoms with Crippen molar-refractivity contribution in [2.75, 3.05) is 66.6 Å². The minimum absolute atomic E-state index is 0.0294. The van der Waals surface area contributed by atoms with Crippen molar-refractivity contribution < 1.29 is 23.9 Å². The highest BCUT2D eigenvalue weighted by molar-refractivity contribution is 5.87. The van der Waals surface area contributed by atoms with Gasteiger partial charge in [0, 0.05) is 58.7 Å². The number of ether oxygens (including phenoxy) is 2. The number of benzene rings is 1. The predicted octanol–water partition coefficient (Wildman–Crippen LogP) is 11.3. The van der Waals surface area contributed by atoms with Gasteiger partial charge >= 0.3 is 5.97 Å². The Kier molecular flexibility index (Phi) is 32.5. The zero-order valence-corrected chi connectivity index (χ0v) is 40.0. The fourth-order valence-corrected chi connectivity index (χ4v) is 8.25. The zero-order chi connectivity index (χ0) is 44.2. The lowest BCUT2D eigenvalue weighted by Crippen LogP contribution is -2.53. The predicted molar refractivity (Wildman–Crippen MR) is 255 cm³/mol. The number of carbonyl (C=O) groups excluding carboxylic acids is 3. The SMILES string of the molecule is CCCCCCCC/C=C\CCCCCCCC(C(=O)NCCc1ccc(OC)cc1)N(CCN1CCN(C)CC1)C(=O)CCCCCCCC(=O)OCC(CC)CCCC. The van der Waals surface area contributed by atoms with E-state index in [9.17, 15) is 14.4 Å². The number of unbranched alkanes of at least 4 members (excludes halogenated alkanes) is 16. The number of allylic oxidation sites excluding steroid dienone is 2. The third-order valence-corrected chi connectivity index (χ3v) is 12.7. The number of esters is 1. The number of nitrogens with one attached hydrogen (secondary N) is 1. The second-order valence-corrected chi connectivity index (χ2v) is 17.9. The van der Waals surface area contributed by atoms with Gasteiger partial charge in [0.25, 0.3) is 0 Å². The van der Waals surface area contributed by atoms with Crippen LogP contribution in [0.1, 0.15) is 187 Å². The number of carbonyl (C=O) groups is 3. The van der Waals surface area contributed by atoms with Gasteiger partial charge in [-0.1, -0.05) is 141 Å². The maximum absolute atomic E-state index is 14.2.